The van der Waals surface area contributed by atoms with E-state index < -0.39 is 10.2 Å². The van der Waals surface area contributed by atoms with E-state index in [9.17, 15) is 10.1 Å². The summed E-state index contributed by atoms with van der Waals surface area (Å²) >= 11 is 1.20. The monoisotopic (exact) mass is 261 g/mol. The average molecular weight is 261 g/mol. The van der Waals surface area contributed by atoms with E-state index in [1.54, 1.807) is 12.1 Å². The Kier molecular flexibility index (Phi) is 3.54. The van der Waals surface area contributed by atoms with E-state index in [1.807, 2.05) is 0 Å². The lowest BCUT2D eigenvalue weighted by Gasteiger charge is -2.06. The number of thioether (sulfide) groups is 1. The first-order valence-corrected chi connectivity index (χ1v) is 5.74. The van der Waals surface area contributed by atoms with Crippen molar-refractivity contribution < 1.29 is 4.92 Å². The Balaban J connectivity index is 2.18. The van der Waals surface area contributed by atoms with Crippen molar-refractivity contribution in [2.75, 3.05) is 0 Å². The first-order valence-electron chi connectivity index (χ1n) is 4.86. The highest BCUT2D eigenvalue weighted by atomic mass is 32.2. The maximum Gasteiger partial charge on any atom is 0.269 e. The molecule has 1 atom stereocenters. The number of aromatic nitrogens is 3. The van der Waals surface area contributed by atoms with Crippen LogP contribution in [0, 0.1) is 21.4 Å². The summed E-state index contributed by atoms with van der Waals surface area (Å²) in [5, 5.41) is 26.0. The molecule has 0 bridgehead atoms. The van der Waals surface area contributed by atoms with Crippen LogP contribution in [0.15, 0.2) is 35.7 Å². The van der Waals surface area contributed by atoms with Crippen LogP contribution in [-0.2, 0) is 0 Å². The van der Waals surface area contributed by atoms with Crippen LogP contribution < -0.4 is 0 Å². The van der Waals surface area contributed by atoms with Gasteiger partial charge in [0.1, 0.15) is 11.6 Å². The van der Waals surface area contributed by atoms with Crippen LogP contribution in [0.3, 0.4) is 0 Å². The molecule has 0 unspecified atom stereocenters. The van der Waals surface area contributed by atoms with E-state index in [0.717, 1.165) is 0 Å². The highest BCUT2D eigenvalue weighted by molar-refractivity contribution is 7.99. The van der Waals surface area contributed by atoms with Gasteiger partial charge in [0.25, 0.3) is 5.69 Å². The molecule has 0 amide bonds. The summed E-state index contributed by atoms with van der Waals surface area (Å²) < 4.78 is 0. The topological polar surface area (TPSA) is 108 Å². The van der Waals surface area contributed by atoms with Crippen molar-refractivity contribution in [1.82, 2.24) is 15.2 Å². The van der Waals surface area contributed by atoms with E-state index in [-0.39, 0.29) is 5.69 Å². The number of rotatable bonds is 4. The zero-order valence-corrected chi connectivity index (χ0v) is 9.79. The second-order valence-corrected chi connectivity index (χ2v) is 4.36. The van der Waals surface area contributed by atoms with Crippen LogP contribution in [0.1, 0.15) is 10.8 Å². The quantitative estimate of drug-likeness (QED) is 0.512. The summed E-state index contributed by atoms with van der Waals surface area (Å²) in [6.07, 6.45) is 1.35. The van der Waals surface area contributed by atoms with Crippen LogP contribution in [0.25, 0.3) is 0 Å². The molecule has 18 heavy (non-hydrogen) atoms. The minimum atomic E-state index is -0.487. The molecule has 0 radical (unpaired) electrons. The van der Waals surface area contributed by atoms with Crippen molar-refractivity contribution in [3.63, 3.8) is 0 Å². The van der Waals surface area contributed by atoms with Gasteiger partial charge in [-0.05, 0) is 5.56 Å². The summed E-state index contributed by atoms with van der Waals surface area (Å²) in [5.74, 6) is 0. The zero-order chi connectivity index (χ0) is 13.0. The standard InChI is InChI=1S/C10H7N5O2S/c11-5-9(18-10-12-6-13-14-10)7-1-3-8(4-2-7)15(16)17/h1-4,6,9H,(H,12,13,14)/t9-/m1/s1. The second-order valence-electron chi connectivity index (χ2n) is 3.27. The number of nitro benzene ring substituents is 1. The first-order chi connectivity index (χ1) is 8.70. The third-order valence-corrected chi connectivity index (χ3v) is 3.18. The van der Waals surface area contributed by atoms with Crippen molar-refractivity contribution >= 4 is 17.4 Å². The number of hydrogen-bond acceptors (Lipinski definition) is 6. The molecule has 0 fully saturated rings. The van der Waals surface area contributed by atoms with Crippen LogP contribution in [-0.4, -0.2) is 20.1 Å². The van der Waals surface area contributed by atoms with Crippen molar-refractivity contribution in [3.8, 4) is 6.07 Å². The minimum absolute atomic E-state index is 0.0000973. The Labute approximate surface area is 106 Å². The largest absolute Gasteiger partial charge is 0.269 e. The molecule has 0 spiro atoms. The predicted octanol–water partition coefficient (Wildman–Crippen LogP) is 2.07. The molecule has 7 nitrogen and oxygen atoms in total. The molecule has 0 aliphatic carbocycles. The number of nitriles is 1. The van der Waals surface area contributed by atoms with Crippen molar-refractivity contribution in [2.45, 2.75) is 10.4 Å². The molecular formula is C10H7N5O2S. The number of H-pyrrole nitrogens is 1. The molecule has 1 N–H and O–H groups in total. The second kappa shape index (κ2) is 5.29. The first kappa shape index (κ1) is 12.1. The van der Waals surface area contributed by atoms with E-state index in [1.165, 1.54) is 30.2 Å². The van der Waals surface area contributed by atoms with Gasteiger partial charge in [0.05, 0.1) is 11.0 Å². The van der Waals surface area contributed by atoms with Gasteiger partial charge in [-0.15, -0.1) is 0 Å². The van der Waals surface area contributed by atoms with E-state index in [4.69, 9.17) is 5.26 Å². The number of non-ortho nitro benzene ring substituents is 1. The molecule has 2 aromatic rings. The minimum Gasteiger partial charge on any atom is -0.258 e. The van der Waals surface area contributed by atoms with Gasteiger partial charge in [-0.3, -0.25) is 15.2 Å². The molecule has 1 heterocycles. The van der Waals surface area contributed by atoms with Gasteiger partial charge in [-0.2, -0.15) is 10.4 Å². The maximum atomic E-state index is 10.5. The van der Waals surface area contributed by atoms with Gasteiger partial charge in [-0.25, -0.2) is 4.98 Å². The van der Waals surface area contributed by atoms with Crippen LogP contribution >= 0.6 is 11.8 Å². The normalized spacial score (nSPS) is 11.7. The smallest absolute Gasteiger partial charge is 0.258 e. The van der Waals surface area contributed by atoms with Crippen LogP contribution in [0.4, 0.5) is 5.69 Å². The lowest BCUT2D eigenvalue weighted by atomic mass is 10.1. The molecule has 1 aromatic heterocycles. The van der Waals surface area contributed by atoms with Gasteiger partial charge in [0, 0.05) is 12.1 Å². The maximum absolute atomic E-state index is 10.5. The molecule has 0 aliphatic rings. The highest BCUT2D eigenvalue weighted by Gasteiger charge is 2.15. The molecule has 0 aliphatic heterocycles. The van der Waals surface area contributed by atoms with E-state index in [0.29, 0.717) is 10.7 Å². The third kappa shape index (κ3) is 2.64. The van der Waals surface area contributed by atoms with E-state index in [2.05, 4.69) is 21.3 Å². The molecule has 8 heteroatoms. The number of aromatic amines is 1. The Bertz CT molecular complexity index is 575. The van der Waals surface area contributed by atoms with Gasteiger partial charge in [-0.1, -0.05) is 23.9 Å². The molecular weight excluding hydrogens is 254 g/mol. The number of nitrogens with one attached hydrogen (secondary N) is 1. The highest BCUT2D eigenvalue weighted by Crippen LogP contribution is 2.32. The summed E-state index contributed by atoms with van der Waals surface area (Å²) in [4.78, 5) is 14.0. The molecule has 0 saturated carbocycles. The number of hydrogen-bond donors (Lipinski definition) is 1. The lowest BCUT2D eigenvalue weighted by molar-refractivity contribution is -0.384. The van der Waals surface area contributed by atoms with Crippen LogP contribution in [0.2, 0.25) is 0 Å². The summed E-state index contributed by atoms with van der Waals surface area (Å²) in [7, 11) is 0. The van der Waals surface area contributed by atoms with E-state index >= 15 is 0 Å². The summed E-state index contributed by atoms with van der Waals surface area (Å²) in [6.45, 7) is 0. The predicted molar refractivity (Wildman–Crippen MR) is 63.7 cm³/mol. The Morgan fingerprint density at radius 3 is 2.67 bits per heavy atom. The van der Waals surface area contributed by atoms with Gasteiger partial charge < -0.3 is 0 Å². The number of benzene rings is 1. The molecule has 1 aromatic carbocycles. The fraction of sp³-hybridized carbons (Fsp3) is 0.100. The SMILES string of the molecule is N#C[C@@H](Sc1ncn[nH]1)c1ccc([N+](=O)[O-])cc1. The van der Waals surface area contributed by atoms with Crippen molar-refractivity contribution in [1.29, 1.82) is 5.26 Å². The van der Waals surface area contributed by atoms with Gasteiger partial charge in [0.2, 0.25) is 0 Å². The van der Waals surface area contributed by atoms with Crippen LogP contribution in [0.5, 0.6) is 0 Å². The fourth-order valence-electron chi connectivity index (χ4n) is 1.30. The molecule has 0 saturated heterocycles. The van der Waals surface area contributed by atoms with Gasteiger partial charge >= 0.3 is 0 Å². The third-order valence-electron chi connectivity index (χ3n) is 2.15. The summed E-state index contributed by atoms with van der Waals surface area (Å²) in [6, 6.07) is 7.99. The average Bonchev–Trinajstić information content (AvgIpc) is 2.89. The molecule has 90 valence electrons. The Morgan fingerprint density at radius 2 is 2.17 bits per heavy atom. The zero-order valence-electron chi connectivity index (χ0n) is 8.98. The Morgan fingerprint density at radius 1 is 1.44 bits per heavy atom. The lowest BCUT2D eigenvalue weighted by Crippen LogP contribution is -1.93. The molecule has 2 rings (SSSR count). The number of nitrogens with zero attached hydrogens (tertiary/aromatic N) is 4. The number of nitro groups is 1. The summed E-state index contributed by atoms with van der Waals surface area (Å²) in [5.41, 5.74) is 0.685. The Hall–Kier alpha value is -2.40. The van der Waals surface area contributed by atoms with Crippen molar-refractivity contribution in [2.24, 2.45) is 0 Å². The van der Waals surface area contributed by atoms with Crippen molar-refractivity contribution in [3.05, 3.63) is 46.3 Å². The van der Waals surface area contributed by atoms with Gasteiger partial charge in [0.15, 0.2) is 5.16 Å². The fourth-order valence-corrected chi connectivity index (χ4v) is 2.09.